The van der Waals surface area contributed by atoms with Crippen molar-refractivity contribution in [1.82, 2.24) is 4.90 Å². The Morgan fingerprint density at radius 1 is 1.38 bits per heavy atom. The van der Waals surface area contributed by atoms with Gasteiger partial charge in [-0.3, -0.25) is 4.99 Å². The van der Waals surface area contributed by atoms with Crippen LogP contribution in [0, 0.1) is 0 Å². The summed E-state index contributed by atoms with van der Waals surface area (Å²) in [7, 11) is 3.72. The average Bonchev–Trinajstić information content (AvgIpc) is 2.80. The minimum absolute atomic E-state index is 0.122. The highest BCUT2D eigenvalue weighted by atomic mass is 16.5. The number of aliphatic imine (C=N–C) groups is 1. The molecule has 0 radical (unpaired) electrons. The second kappa shape index (κ2) is 5.99. The summed E-state index contributed by atoms with van der Waals surface area (Å²) in [6.07, 6.45) is 2.41. The Morgan fingerprint density at radius 3 is 2.67 bits per heavy atom. The third kappa shape index (κ3) is 2.77. The van der Waals surface area contributed by atoms with Crippen molar-refractivity contribution >= 4 is 29.1 Å². The van der Waals surface area contributed by atoms with E-state index in [-0.39, 0.29) is 5.75 Å². The fourth-order valence-corrected chi connectivity index (χ4v) is 2.37. The first-order valence-corrected chi connectivity index (χ1v) is 6.99. The largest absolute Gasteiger partial charge is 0.507 e. The number of hydrogen-bond acceptors (Lipinski definition) is 5. The average molecular weight is 288 g/mol. The third-order valence-corrected chi connectivity index (χ3v) is 3.20. The van der Waals surface area contributed by atoms with Crippen molar-refractivity contribution in [2.24, 2.45) is 4.99 Å². The number of fused-ring (bicyclic) bond motifs is 1. The Labute approximate surface area is 123 Å². The number of rotatable bonds is 4. The lowest BCUT2D eigenvalue weighted by Gasteiger charge is -2.07. The standard InChI is InChI=1S/C16H20N2O3/c1-5-11-15(16(20)21-6-2)14-10(9-18(3)4)13(19)8-7-12(14)17-11/h7-9,19H,5-6H2,1-4H3. The van der Waals surface area contributed by atoms with Crippen LogP contribution in [-0.4, -0.2) is 42.4 Å². The van der Waals surface area contributed by atoms with Crippen molar-refractivity contribution in [2.75, 3.05) is 20.7 Å². The fraction of sp³-hybridized carbons (Fsp3) is 0.375. The minimum Gasteiger partial charge on any atom is -0.507 e. The lowest BCUT2D eigenvalue weighted by Crippen LogP contribution is -2.32. The van der Waals surface area contributed by atoms with Gasteiger partial charge in [0.25, 0.3) is 0 Å². The van der Waals surface area contributed by atoms with Gasteiger partial charge in [-0.25, -0.2) is 4.79 Å². The number of esters is 1. The van der Waals surface area contributed by atoms with E-state index in [9.17, 15) is 9.90 Å². The maximum atomic E-state index is 12.3. The van der Waals surface area contributed by atoms with E-state index in [0.29, 0.717) is 40.4 Å². The first-order valence-electron chi connectivity index (χ1n) is 6.99. The van der Waals surface area contributed by atoms with Gasteiger partial charge in [-0.1, -0.05) is 6.92 Å². The first kappa shape index (κ1) is 15.1. The molecule has 1 aliphatic rings. The lowest BCUT2D eigenvalue weighted by molar-refractivity contribution is -0.135. The Bertz CT molecular complexity index is 718. The van der Waals surface area contributed by atoms with Crippen LogP contribution in [0.1, 0.15) is 20.3 Å². The highest BCUT2D eigenvalue weighted by molar-refractivity contribution is 6.42. The molecule has 112 valence electrons. The lowest BCUT2D eigenvalue weighted by atomic mass is 10.1. The molecule has 5 nitrogen and oxygen atoms in total. The van der Waals surface area contributed by atoms with E-state index in [1.165, 1.54) is 0 Å². The molecule has 21 heavy (non-hydrogen) atoms. The molecular formula is C16H20N2O3. The topological polar surface area (TPSA) is 62.1 Å². The predicted octanol–water partition coefficient (Wildman–Crippen LogP) is 0.902. The molecular weight excluding hydrogens is 268 g/mol. The van der Waals surface area contributed by atoms with Crippen molar-refractivity contribution in [2.45, 2.75) is 20.3 Å². The van der Waals surface area contributed by atoms with Gasteiger partial charge in [0, 0.05) is 30.7 Å². The van der Waals surface area contributed by atoms with Crippen molar-refractivity contribution in [1.29, 1.82) is 0 Å². The van der Waals surface area contributed by atoms with Gasteiger partial charge >= 0.3 is 5.97 Å². The summed E-state index contributed by atoms with van der Waals surface area (Å²) in [6, 6.07) is 3.32. The van der Waals surface area contributed by atoms with Gasteiger partial charge in [0.05, 0.1) is 23.6 Å². The Kier molecular flexibility index (Phi) is 4.31. The number of phenolic OH excluding ortho intramolecular Hbond substituents is 1. The van der Waals surface area contributed by atoms with Gasteiger partial charge in [-0.15, -0.1) is 0 Å². The summed E-state index contributed by atoms with van der Waals surface area (Å²) < 4.78 is 5.15. The van der Waals surface area contributed by atoms with E-state index in [2.05, 4.69) is 4.99 Å². The summed E-state index contributed by atoms with van der Waals surface area (Å²) >= 11 is 0. The number of phenols is 1. The zero-order valence-corrected chi connectivity index (χ0v) is 12.8. The van der Waals surface area contributed by atoms with Gasteiger partial charge in [0.15, 0.2) is 0 Å². The maximum absolute atomic E-state index is 12.3. The molecule has 0 saturated carbocycles. The van der Waals surface area contributed by atoms with Crippen molar-refractivity contribution in [3.8, 4) is 5.75 Å². The van der Waals surface area contributed by atoms with Crippen LogP contribution in [0.3, 0.4) is 0 Å². The van der Waals surface area contributed by atoms with Crippen molar-refractivity contribution in [3.05, 3.63) is 22.6 Å². The van der Waals surface area contributed by atoms with Gasteiger partial charge in [-0.05, 0) is 25.5 Å². The van der Waals surface area contributed by atoms with Crippen LogP contribution < -0.4 is 10.4 Å². The minimum atomic E-state index is -0.393. The molecule has 0 unspecified atom stereocenters. The van der Waals surface area contributed by atoms with Crippen molar-refractivity contribution in [3.63, 3.8) is 0 Å². The van der Waals surface area contributed by atoms with Crippen molar-refractivity contribution < 1.29 is 14.6 Å². The Balaban J connectivity index is 2.85. The normalized spacial score (nSPS) is 14.0. The van der Waals surface area contributed by atoms with E-state index in [1.54, 1.807) is 25.3 Å². The number of benzene rings is 1. The van der Waals surface area contributed by atoms with Gasteiger partial charge in [-0.2, -0.15) is 0 Å². The Morgan fingerprint density at radius 2 is 2.10 bits per heavy atom. The van der Waals surface area contributed by atoms with Gasteiger partial charge in [0.1, 0.15) is 5.75 Å². The molecule has 0 saturated heterocycles. The number of ether oxygens (including phenoxy) is 1. The highest BCUT2D eigenvalue weighted by Crippen LogP contribution is 2.20. The monoisotopic (exact) mass is 288 g/mol. The van der Waals surface area contributed by atoms with Crippen LogP contribution in [-0.2, 0) is 9.53 Å². The molecule has 5 heteroatoms. The molecule has 1 aliphatic heterocycles. The summed E-state index contributed by atoms with van der Waals surface area (Å²) in [5.74, 6) is -0.271. The predicted molar refractivity (Wildman–Crippen MR) is 82.9 cm³/mol. The number of aromatic hydroxyl groups is 1. The van der Waals surface area contributed by atoms with E-state index >= 15 is 0 Å². The van der Waals surface area contributed by atoms with Crippen LogP contribution in [0.15, 0.2) is 17.1 Å². The van der Waals surface area contributed by atoms with E-state index in [0.717, 1.165) is 0 Å². The van der Waals surface area contributed by atoms with Crippen LogP contribution in [0.25, 0.3) is 11.8 Å². The zero-order valence-electron chi connectivity index (χ0n) is 12.8. The van der Waals surface area contributed by atoms with Gasteiger partial charge in [0.2, 0.25) is 0 Å². The molecule has 1 aromatic carbocycles. The molecule has 1 aromatic rings. The van der Waals surface area contributed by atoms with Crippen LogP contribution in [0.5, 0.6) is 5.75 Å². The summed E-state index contributed by atoms with van der Waals surface area (Å²) in [4.78, 5) is 18.6. The first-order chi connectivity index (χ1) is 9.99. The van der Waals surface area contributed by atoms with Crippen LogP contribution in [0.2, 0.25) is 0 Å². The maximum Gasteiger partial charge on any atom is 0.340 e. The molecule has 0 bridgehead atoms. The number of carbonyl (C=O) groups excluding carboxylic acids is 1. The van der Waals surface area contributed by atoms with Crippen LogP contribution >= 0.6 is 0 Å². The summed E-state index contributed by atoms with van der Waals surface area (Å²) in [5, 5.41) is 11.4. The fourth-order valence-electron chi connectivity index (χ4n) is 2.37. The Hall–Kier alpha value is -2.30. The molecule has 0 aromatic heterocycles. The number of nitrogens with zero attached hydrogens (tertiary/aromatic N) is 2. The second-order valence-corrected chi connectivity index (χ2v) is 4.99. The zero-order chi connectivity index (χ0) is 15.6. The van der Waals surface area contributed by atoms with E-state index < -0.39 is 5.97 Å². The molecule has 0 spiro atoms. The molecule has 2 rings (SSSR count). The molecule has 0 amide bonds. The smallest absolute Gasteiger partial charge is 0.340 e. The molecule has 1 heterocycles. The quantitative estimate of drug-likeness (QED) is 0.836. The van der Waals surface area contributed by atoms with Gasteiger partial charge < -0.3 is 14.7 Å². The molecule has 1 N–H and O–H groups in total. The number of hydrogen-bond donors (Lipinski definition) is 1. The molecule has 0 aliphatic carbocycles. The molecule has 0 fully saturated rings. The van der Waals surface area contributed by atoms with E-state index in [1.807, 2.05) is 25.9 Å². The highest BCUT2D eigenvalue weighted by Gasteiger charge is 2.24. The summed E-state index contributed by atoms with van der Waals surface area (Å²) in [5.41, 5.74) is 1.85. The second-order valence-electron chi connectivity index (χ2n) is 4.99. The SMILES string of the molecule is CCOC(=O)C1=c2c(ccc(O)c2=CN(C)C)N=C1CC. The molecule has 0 atom stereocenters. The van der Waals surface area contributed by atoms with Crippen LogP contribution in [0.4, 0.5) is 5.69 Å². The van der Waals surface area contributed by atoms with E-state index in [4.69, 9.17) is 4.74 Å². The third-order valence-electron chi connectivity index (χ3n) is 3.20. The summed E-state index contributed by atoms with van der Waals surface area (Å²) in [6.45, 7) is 4.02. The number of carbonyl (C=O) groups is 1.